The normalized spacial score (nSPS) is 11.7. The molecular formula is C28H18F2N4OPt. The van der Waals surface area contributed by atoms with Crippen molar-refractivity contribution in [2.24, 2.45) is 0 Å². The van der Waals surface area contributed by atoms with E-state index in [4.69, 9.17) is 9.52 Å². The number of hydrogen-bond acceptors (Lipinski definition) is 4. The summed E-state index contributed by atoms with van der Waals surface area (Å²) in [6.07, 6.45) is 1.87. The van der Waals surface area contributed by atoms with Crippen molar-refractivity contribution in [1.29, 1.82) is 0 Å². The molecule has 0 aliphatic heterocycles. The zero-order valence-electron chi connectivity index (χ0n) is 19.2. The van der Waals surface area contributed by atoms with Gasteiger partial charge in [-0.3, -0.25) is 9.67 Å². The molecule has 0 fully saturated rings. The van der Waals surface area contributed by atoms with E-state index in [0.717, 1.165) is 39.4 Å². The van der Waals surface area contributed by atoms with Crippen LogP contribution in [0.3, 0.4) is 0 Å². The van der Waals surface area contributed by atoms with Gasteiger partial charge in [-0.05, 0) is 43.4 Å². The second-order valence-corrected chi connectivity index (χ2v) is 8.76. The number of furan rings is 1. The van der Waals surface area contributed by atoms with Crippen LogP contribution in [0.25, 0.3) is 38.9 Å². The molecule has 0 spiro atoms. The summed E-state index contributed by atoms with van der Waals surface area (Å²) in [4.78, 5) is 7.87. The van der Waals surface area contributed by atoms with Crippen molar-refractivity contribution >= 4 is 21.9 Å². The first-order chi connectivity index (χ1) is 16.9. The molecule has 0 saturated carbocycles. The number of fused-ring (bicyclic) bond motifs is 3. The van der Waals surface area contributed by atoms with Gasteiger partial charge in [-0.25, -0.2) is 8.78 Å². The molecule has 0 radical (unpaired) electrons. The van der Waals surface area contributed by atoms with Crippen LogP contribution in [0.15, 0.2) is 77.3 Å². The largest absolute Gasteiger partial charge is 2.00 e. The van der Waals surface area contributed by atoms with E-state index in [1.807, 2.05) is 68.6 Å². The summed E-state index contributed by atoms with van der Waals surface area (Å²) in [7, 11) is 0. The Hall–Kier alpha value is -3.70. The number of hydrogen-bond donors (Lipinski definition) is 0. The third-order valence-electron chi connectivity index (χ3n) is 6.16. The molecule has 0 saturated heterocycles. The average Bonchev–Trinajstić information content (AvgIpc) is 3.49. The molecule has 0 N–H and O–H groups in total. The first-order valence-corrected chi connectivity index (χ1v) is 11.0. The first-order valence-electron chi connectivity index (χ1n) is 11.0. The topological polar surface area (TPSA) is 56.7 Å². The SMILES string of the molecule is CC(C)(c1cccc(-c2[c-]cc(F)nc2F)n1)c1ccn(-c2[c-]cc3oc4ccccc4c3c2)n1.[Pt+2]. The van der Waals surface area contributed by atoms with Gasteiger partial charge >= 0.3 is 21.1 Å². The van der Waals surface area contributed by atoms with Gasteiger partial charge in [-0.2, -0.15) is 11.2 Å². The predicted octanol–water partition coefficient (Wildman–Crippen LogP) is 6.43. The van der Waals surface area contributed by atoms with Crippen LogP contribution >= 0.6 is 0 Å². The second-order valence-electron chi connectivity index (χ2n) is 8.76. The molecule has 6 aromatic rings. The van der Waals surface area contributed by atoms with Gasteiger partial charge in [0, 0.05) is 22.9 Å². The van der Waals surface area contributed by atoms with Gasteiger partial charge in [0.15, 0.2) is 0 Å². The van der Waals surface area contributed by atoms with Crippen molar-refractivity contribution < 1.29 is 34.3 Å². The van der Waals surface area contributed by atoms with E-state index in [9.17, 15) is 8.78 Å². The van der Waals surface area contributed by atoms with Crippen molar-refractivity contribution in [2.45, 2.75) is 19.3 Å². The Kier molecular flexibility index (Phi) is 6.05. The summed E-state index contributed by atoms with van der Waals surface area (Å²) >= 11 is 0. The first kappa shape index (κ1) is 24.0. The molecule has 0 aliphatic rings. The maximum Gasteiger partial charge on any atom is 2.00 e. The van der Waals surface area contributed by atoms with Gasteiger partial charge in [0.25, 0.3) is 0 Å². The van der Waals surface area contributed by atoms with Gasteiger partial charge in [0.05, 0.1) is 11.1 Å². The van der Waals surface area contributed by atoms with Gasteiger partial charge < -0.3 is 9.40 Å². The maximum atomic E-state index is 14.2. The summed E-state index contributed by atoms with van der Waals surface area (Å²) < 4.78 is 35.1. The van der Waals surface area contributed by atoms with Crippen LogP contribution in [0.1, 0.15) is 25.2 Å². The Morgan fingerprint density at radius 3 is 2.53 bits per heavy atom. The molecule has 0 amide bonds. The molecule has 5 nitrogen and oxygen atoms in total. The van der Waals surface area contributed by atoms with E-state index >= 15 is 0 Å². The minimum atomic E-state index is -0.950. The number of nitrogens with zero attached hydrogens (tertiary/aromatic N) is 4. The van der Waals surface area contributed by atoms with E-state index in [2.05, 4.69) is 22.1 Å². The Morgan fingerprint density at radius 2 is 1.69 bits per heavy atom. The molecule has 2 aromatic carbocycles. The Balaban J connectivity index is 0.00000267. The molecule has 0 aliphatic carbocycles. The van der Waals surface area contributed by atoms with Crippen molar-refractivity contribution in [3.05, 3.63) is 108 Å². The van der Waals surface area contributed by atoms with Crippen molar-refractivity contribution in [3.63, 3.8) is 0 Å². The molecule has 6 rings (SSSR count). The molecule has 180 valence electrons. The second kappa shape index (κ2) is 9.06. The smallest absolute Gasteiger partial charge is 0.516 e. The number of halogens is 2. The van der Waals surface area contributed by atoms with Crippen LogP contribution in [-0.4, -0.2) is 19.7 Å². The fraction of sp³-hybridized carbons (Fsp3) is 0.107. The van der Waals surface area contributed by atoms with Crippen LogP contribution < -0.4 is 0 Å². The van der Waals surface area contributed by atoms with Gasteiger partial charge in [-0.1, -0.05) is 47.3 Å². The van der Waals surface area contributed by atoms with Crippen LogP contribution in [0.4, 0.5) is 8.78 Å². The third kappa shape index (κ3) is 4.03. The number of aromatic nitrogens is 4. The van der Waals surface area contributed by atoms with Crippen LogP contribution in [0.5, 0.6) is 0 Å². The molecular weight excluding hydrogens is 641 g/mol. The number of rotatable bonds is 4. The molecule has 4 aromatic heterocycles. The van der Waals surface area contributed by atoms with E-state index in [0.29, 0.717) is 11.4 Å². The monoisotopic (exact) mass is 659 g/mol. The van der Waals surface area contributed by atoms with Crippen molar-refractivity contribution in [3.8, 4) is 16.9 Å². The molecule has 4 heterocycles. The standard InChI is InChI=1S/C28H18F2N4O.Pt/c1-28(2,24-9-5-7-21(31-24)19-11-13-26(29)32-27(19)30)25-14-15-34(33-25)17-10-12-23-20(16-17)18-6-3-4-8-22(18)35-23;/h3-9,12-16H,1-2H3;/q-2;+2. The zero-order valence-corrected chi connectivity index (χ0v) is 21.5. The molecule has 0 unspecified atom stereocenters. The number of benzene rings is 2. The quantitative estimate of drug-likeness (QED) is 0.162. The van der Waals surface area contributed by atoms with Crippen molar-refractivity contribution in [1.82, 2.24) is 19.7 Å². The van der Waals surface area contributed by atoms with Crippen LogP contribution in [-0.2, 0) is 26.5 Å². The Labute approximate surface area is 220 Å². The zero-order chi connectivity index (χ0) is 24.2. The Bertz CT molecular complexity index is 1720. The third-order valence-corrected chi connectivity index (χ3v) is 6.16. The van der Waals surface area contributed by atoms with Gasteiger partial charge in [0.1, 0.15) is 17.5 Å². The summed E-state index contributed by atoms with van der Waals surface area (Å²) in [5, 5.41) is 6.83. The van der Waals surface area contributed by atoms with Gasteiger partial charge in [-0.15, -0.1) is 18.2 Å². The van der Waals surface area contributed by atoms with E-state index < -0.39 is 17.3 Å². The molecule has 0 atom stereocenters. The van der Waals surface area contributed by atoms with Crippen molar-refractivity contribution in [2.75, 3.05) is 0 Å². The minimum absolute atomic E-state index is 0. The maximum absolute atomic E-state index is 14.2. The molecule has 0 bridgehead atoms. The van der Waals surface area contributed by atoms with E-state index in [1.165, 1.54) is 0 Å². The van der Waals surface area contributed by atoms with Crippen LogP contribution in [0.2, 0.25) is 0 Å². The summed E-state index contributed by atoms with van der Waals surface area (Å²) in [6, 6.07) is 25.7. The molecule has 36 heavy (non-hydrogen) atoms. The predicted molar refractivity (Wildman–Crippen MR) is 128 cm³/mol. The fourth-order valence-corrected chi connectivity index (χ4v) is 4.19. The van der Waals surface area contributed by atoms with E-state index in [-0.39, 0.29) is 26.6 Å². The number of para-hydroxylation sites is 1. The van der Waals surface area contributed by atoms with Crippen LogP contribution in [0, 0.1) is 24.0 Å². The molecule has 8 heteroatoms. The number of pyridine rings is 2. The summed E-state index contributed by atoms with van der Waals surface area (Å²) in [6.45, 7) is 3.98. The fourth-order valence-electron chi connectivity index (χ4n) is 4.19. The van der Waals surface area contributed by atoms with E-state index in [1.54, 1.807) is 16.8 Å². The van der Waals surface area contributed by atoms with Gasteiger partial charge in [0.2, 0.25) is 0 Å². The summed E-state index contributed by atoms with van der Waals surface area (Å²) in [5.41, 5.74) is 3.57. The average molecular weight is 660 g/mol. The summed E-state index contributed by atoms with van der Waals surface area (Å²) in [5.74, 6) is -1.87. The Morgan fingerprint density at radius 1 is 0.861 bits per heavy atom. The minimum Gasteiger partial charge on any atom is -0.516 e.